The van der Waals surface area contributed by atoms with E-state index in [9.17, 15) is 48.9 Å². The van der Waals surface area contributed by atoms with Crippen molar-refractivity contribution in [2.45, 2.75) is 108 Å². The number of aromatic nitrogens is 1. The largest absolute Gasteiger partial charge is 0.492 e. The molecule has 0 radical (unpaired) electrons. The second-order valence-corrected chi connectivity index (χ2v) is 19.8. The molecule has 1 aromatic heterocycles. The molecule has 4 saturated carbocycles. The molecule has 7 aliphatic rings. The van der Waals surface area contributed by atoms with Gasteiger partial charge in [0.15, 0.2) is 24.0 Å². The van der Waals surface area contributed by atoms with Crippen molar-refractivity contribution in [1.82, 2.24) is 9.47 Å². The number of aliphatic hydroxyl groups is 2. The van der Waals surface area contributed by atoms with Gasteiger partial charge in [-0.3, -0.25) is 24.0 Å². The summed E-state index contributed by atoms with van der Waals surface area (Å²) in [5.74, 6) is -4.87. The number of carbonyl (C=O) groups excluding carboxylic acids is 5. The number of fused-ring (bicyclic) bond motifs is 7. The predicted molar refractivity (Wildman–Crippen MR) is 231 cm³/mol. The maximum Gasteiger partial charge on any atom is 0.412 e. The summed E-state index contributed by atoms with van der Waals surface area (Å²) in [5.41, 5.74) is -3.18. The minimum absolute atomic E-state index is 0.00450. The summed E-state index contributed by atoms with van der Waals surface area (Å²) in [6, 6.07) is 0.580. The quantitative estimate of drug-likeness (QED) is 0.195. The van der Waals surface area contributed by atoms with Crippen LogP contribution in [0.15, 0.2) is 40.9 Å². The minimum Gasteiger partial charge on any atom is -0.492 e. The average molecular weight is 918 g/mol. The highest BCUT2D eigenvalue weighted by molar-refractivity contribution is 6.01. The Labute approximate surface area is 379 Å². The summed E-state index contributed by atoms with van der Waals surface area (Å²) < 4.78 is 39.2. The summed E-state index contributed by atoms with van der Waals surface area (Å²) in [5, 5.41) is 33.2. The summed E-state index contributed by atoms with van der Waals surface area (Å²) >= 11 is 0. The number of carboxylic acid groups (broad SMARTS) is 1. The number of aromatic carboxylic acids is 1. The first-order valence-electron chi connectivity index (χ1n) is 23.0. The van der Waals surface area contributed by atoms with E-state index in [1.165, 1.54) is 18.2 Å². The van der Waals surface area contributed by atoms with Crippen LogP contribution < -0.4 is 15.1 Å². The molecule has 2 unspecified atom stereocenters. The van der Waals surface area contributed by atoms with Crippen LogP contribution in [-0.2, 0) is 33.4 Å². The number of halogens is 1. The number of methoxy groups -OCH3 is 1. The van der Waals surface area contributed by atoms with Gasteiger partial charge in [0.25, 0.3) is 0 Å². The lowest BCUT2D eigenvalue weighted by molar-refractivity contribution is -0.181. The second-order valence-electron chi connectivity index (χ2n) is 19.8. The Morgan fingerprint density at radius 2 is 1.71 bits per heavy atom. The fourth-order valence-corrected chi connectivity index (χ4v) is 12.9. The van der Waals surface area contributed by atoms with Gasteiger partial charge in [-0.05, 0) is 93.8 Å². The SMILES string of the molecule is COc1c(N2CC3CCCN(C(=O)OCOC(=O)CCC(=O)OCC(=O)[C@]4(O)CC[C@@H]5[C@H]6CCC7=CC(=O)C=C[C@@]7(C)[C@@H]6[C@H](O)C[C@]54C)C3C2)c(F)cc2c(=O)c(C(=O)O)cn(C3CC3)c12. The van der Waals surface area contributed by atoms with Gasteiger partial charge < -0.3 is 48.6 Å². The molecule has 5 aliphatic carbocycles. The van der Waals surface area contributed by atoms with E-state index in [1.807, 2.05) is 19.9 Å². The molecule has 1 aromatic carbocycles. The molecule has 6 fully saturated rings. The second kappa shape index (κ2) is 16.9. The molecular weight excluding hydrogens is 862 g/mol. The number of hydrogen-bond acceptors (Lipinski definition) is 14. The summed E-state index contributed by atoms with van der Waals surface area (Å²) in [7, 11) is 1.36. The Kier molecular flexibility index (Phi) is 11.7. The normalized spacial score (nSPS) is 32.2. The Morgan fingerprint density at radius 3 is 2.42 bits per heavy atom. The van der Waals surface area contributed by atoms with Crippen molar-refractivity contribution in [3.63, 3.8) is 0 Å². The van der Waals surface area contributed by atoms with Crippen LogP contribution in [0.3, 0.4) is 0 Å². The number of aliphatic hydroxyl groups excluding tert-OH is 1. The number of piperidine rings is 1. The maximum atomic E-state index is 16.1. The maximum absolute atomic E-state index is 16.1. The van der Waals surface area contributed by atoms with Crippen molar-refractivity contribution in [2.24, 2.45) is 34.5 Å². The van der Waals surface area contributed by atoms with E-state index in [2.05, 4.69) is 0 Å². The van der Waals surface area contributed by atoms with E-state index in [4.69, 9.17) is 18.9 Å². The van der Waals surface area contributed by atoms with Gasteiger partial charge in [-0.1, -0.05) is 25.5 Å². The van der Waals surface area contributed by atoms with Crippen LogP contribution in [0.2, 0.25) is 0 Å². The lowest BCUT2D eigenvalue weighted by Gasteiger charge is -2.59. The van der Waals surface area contributed by atoms with Crippen molar-refractivity contribution in [2.75, 3.05) is 45.0 Å². The standard InChI is InChI=1S/C48H56FN3O14/c1-46-14-12-28(53)17-26(46)6-9-29-32-13-15-48(62,47(32,2)19-35(54)39(29)46)36(55)23-64-37(56)10-11-38(57)65-24-66-45(61)51-16-4-5-25-20-50(22-34(25)51)41-33(49)18-30-40(43(41)63-3)52(27-7-8-27)21-31(42(30)58)44(59)60/h12,14,17-18,21,25,27,29,32,34-35,39,54,62H,4-11,13,15-16,19-20,22-24H2,1-3H3,(H,59,60)/t25?,29-,32-,34?,35-,39+,46-,47-,48-/m1/s1. The minimum atomic E-state index is -1.84. The lowest BCUT2D eigenvalue weighted by atomic mass is 9.46. The smallest absolute Gasteiger partial charge is 0.412 e. The molecule has 3 heterocycles. The van der Waals surface area contributed by atoms with E-state index >= 15 is 4.39 Å². The molecule has 0 spiro atoms. The number of Topliss-reactive ketones (excluding diaryl/α,β-unsaturated/α-hetero) is 1. The molecule has 0 bridgehead atoms. The van der Waals surface area contributed by atoms with Crippen molar-refractivity contribution < 1.29 is 67.4 Å². The monoisotopic (exact) mass is 917 g/mol. The molecule has 66 heavy (non-hydrogen) atoms. The molecule has 9 rings (SSSR count). The number of likely N-dealkylation sites (tertiary alicyclic amines) is 1. The number of hydrogen-bond donors (Lipinski definition) is 3. The fraction of sp³-hybridized carbons (Fsp3) is 0.604. The highest BCUT2D eigenvalue weighted by Gasteiger charge is 2.68. The van der Waals surface area contributed by atoms with Gasteiger partial charge in [-0.15, -0.1) is 0 Å². The first-order valence-corrected chi connectivity index (χ1v) is 23.0. The van der Waals surface area contributed by atoms with Crippen LogP contribution in [0.25, 0.3) is 10.9 Å². The van der Waals surface area contributed by atoms with Gasteiger partial charge >= 0.3 is 24.0 Å². The van der Waals surface area contributed by atoms with Gasteiger partial charge in [0.2, 0.25) is 18.0 Å². The molecule has 1 amide bonds. The first kappa shape index (κ1) is 45.5. The summed E-state index contributed by atoms with van der Waals surface area (Å²) in [6.45, 7) is 3.31. The topological polar surface area (TPSA) is 229 Å². The highest BCUT2D eigenvalue weighted by atomic mass is 19.1. The van der Waals surface area contributed by atoms with Crippen molar-refractivity contribution in [3.8, 4) is 5.75 Å². The number of rotatable bonds is 12. The van der Waals surface area contributed by atoms with Gasteiger partial charge in [0.05, 0.1) is 43.0 Å². The molecule has 2 aromatic rings. The third kappa shape index (κ3) is 7.47. The molecule has 17 nitrogen and oxygen atoms in total. The highest BCUT2D eigenvalue weighted by Crippen LogP contribution is 2.67. The number of pyridine rings is 1. The molecule has 18 heteroatoms. The zero-order valence-electron chi connectivity index (χ0n) is 37.3. The number of amides is 1. The molecule has 2 saturated heterocycles. The van der Waals surface area contributed by atoms with Gasteiger partial charge in [-0.25, -0.2) is 14.0 Å². The van der Waals surface area contributed by atoms with Crippen LogP contribution in [-0.4, -0.2) is 118 Å². The van der Waals surface area contributed by atoms with Gasteiger partial charge in [0, 0.05) is 48.6 Å². The number of allylic oxidation sites excluding steroid dienone is 4. The van der Waals surface area contributed by atoms with Gasteiger partial charge in [0.1, 0.15) is 16.9 Å². The first-order chi connectivity index (χ1) is 31.4. The summed E-state index contributed by atoms with van der Waals surface area (Å²) in [6.07, 6.45) is 9.08. The van der Waals surface area contributed by atoms with Crippen LogP contribution in [0, 0.1) is 40.3 Å². The third-order valence-corrected chi connectivity index (χ3v) is 16.3. The molecule has 3 N–H and O–H groups in total. The number of nitrogens with zero attached hydrogens (tertiary/aromatic N) is 3. The zero-order valence-corrected chi connectivity index (χ0v) is 37.3. The Hall–Kier alpha value is -5.62. The fourth-order valence-electron chi connectivity index (χ4n) is 12.9. The van der Waals surface area contributed by atoms with E-state index in [-0.39, 0.29) is 71.7 Å². The van der Waals surface area contributed by atoms with Crippen LogP contribution in [0.5, 0.6) is 5.75 Å². The molecule has 354 valence electrons. The number of ketones is 2. The third-order valence-electron chi connectivity index (χ3n) is 16.3. The number of benzene rings is 1. The number of esters is 2. The van der Waals surface area contributed by atoms with Crippen molar-refractivity contribution in [1.29, 1.82) is 0 Å². The molecular formula is C48H56FN3O14. The van der Waals surface area contributed by atoms with Crippen LogP contribution >= 0.6 is 0 Å². The number of carboxylic acids is 1. The van der Waals surface area contributed by atoms with E-state index in [0.29, 0.717) is 37.9 Å². The predicted octanol–water partition coefficient (Wildman–Crippen LogP) is 4.62. The molecule has 2 aliphatic heterocycles. The average Bonchev–Trinajstić information content (AvgIpc) is 3.97. The van der Waals surface area contributed by atoms with Crippen molar-refractivity contribution in [3.05, 3.63) is 57.7 Å². The number of anilines is 1. The van der Waals surface area contributed by atoms with Crippen LogP contribution in [0.4, 0.5) is 14.9 Å². The zero-order chi connectivity index (χ0) is 47.0. The number of carbonyl (C=O) groups is 6. The van der Waals surface area contributed by atoms with Gasteiger partial charge in [-0.2, -0.15) is 0 Å². The Balaban J connectivity index is 0.760. The van der Waals surface area contributed by atoms with E-state index < -0.39 is 101 Å². The number of ether oxygens (including phenoxy) is 4. The summed E-state index contributed by atoms with van der Waals surface area (Å²) in [4.78, 5) is 92.8. The van der Waals surface area contributed by atoms with Crippen molar-refractivity contribution >= 4 is 52.2 Å². The van der Waals surface area contributed by atoms with E-state index in [1.54, 1.807) is 21.6 Å². The van der Waals surface area contributed by atoms with E-state index in [0.717, 1.165) is 37.3 Å². The Morgan fingerprint density at radius 1 is 0.970 bits per heavy atom. The van der Waals surface area contributed by atoms with Crippen LogP contribution in [0.1, 0.15) is 101 Å². The Bertz CT molecular complexity index is 2530. The molecule has 9 atom stereocenters. The lowest BCUT2D eigenvalue weighted by Crippen LogP contribution is -2.61.